The Balaban J connectivity index is 1.39. The molecule has 5 fully saturated rings. The summed E-state index contributed by atoms with van der Waals surface area (Å²) in [6, 6.07) is 0. The summed E-state index contributed by atoms with van der Waals surface area (Å²) in [4.78, 5) is 28.5. The lowest BCUT2D eigenvalue weighted by Crippen LogP contribution is -2.69. The highest BCUT2D eigenvalue weighted by atomic mass is 16.8. The van der Waals surface area contributed by atoms with Crippen molar-refractivity contribution in [2.75, 3.05) is 66.1 Å². The van der Waals surface area contributed by atoms with Gasteiger partial charge >= 0.3 is 12.2 Å². The number of hydrogen-bond acceptors (Lipinski definition) is 9. The molecule has 7 unspecified atom stereocenters. The van der Waals surface area contributed by atoms with E-state index in [-0.39, 0.29) is 36.6 Å². The summed E-state index contributed by atoms with van der Waals surface area (Å²) < 4.78 is 29.6. The van der Waals surface area contributed by atoms with Gasteiger partial charge in [0.15, 0.2) is 12.6 Å². The van der Waals surface area contributed by atoms with Crippen molar-refractivity contribution in [3.05, 3.63) is 0 Å². The minimum atomic E-state index is -0.657. The van der Waals surface area contributed by atoms with Gasteiger partial charge in [0, 0.05) is 71.3 Å². The number of piperazine rings is 1. The van der Waals surface area contributed by atoms with Crippen LogP contribution in [-0.4, -0.2) is 112 Å². The van der Waals surface area contributed by atoms with Crippen molar-refractivity contribution in [2.45, 2.75) is 51.5 Å². The molecule has 0 spiro atoms. The van der Waals surface area contributed by atoms with Crippen molar-refractivity contribution < 1.29 is 33.3 Å². The number of nitrogens with one attached hydrogen (secondary N) is 2. The van der Waals surface area contributed by atoms with Gasteiger partial charge in [-0.2, -0.15) is 0 Å². The van der Waals surface area contributed by atoms with Crippen LogP contribution >= 0.6 is 0 Å². The van der Waals surface area contributed by atoms with Crippen LogP contribution in [0.4, 0.5) is 9.59 Å². The van der Waals surface area contributed by atoms with Gasteiger partial charge in [-0.3, -0.25) is 9.80 Å². The SMILES string of the molecule is CCNC(=O)OCCN1CCN(CC23OC4OC(OC)C2C(CC3OC(=O)NCC)C4C)CC1. The van der Waals surface area contributed by atoms with Crippen LogP contribution in [0.1, 0.15) is 27.2 Å². The maximum atomic E-state index is 12.4. The standard InChI is InChI=1S/C23H40N4O7/c1-5-24-21(28)31-12-11-26-7-9-27(10-8-26)14-23-17(32-22(29)25-6-2)13-16-15(3)19(34-23)33-20(30-4)18(16)23/h15-20H,5-14H2,1-4H3,(H,24,28)(H,25,29). The number of amides is 2. The fraction of sp³-hybridized carbons (Fsp3) is 0.913. The van der Waals surface area contributed by atoms with E-state index in [0.717, 1.165) is 32.6 Å². The van der Waals surface area contributed by atoms with E-state index in [1.54, 1.807) is 7.11 Å². The molecule has 4 saturated heterocycles. The van der Waals surface area contributed by atoms with Gasteiger partial charge in [-0.1, -0.05) is 6.92 Å². The highest BCUT2D eigenvalue weighted by Crippen LogP contribution is 2.59. The first-order chi connectivity index (χ1) is 16.4. The summed E-state index contributed by atoms with van der Waals surface area (Å²) in [6.45, 7) is 12.2. The second-order valence-corrected chi connectivity index (χ2v) is 9.67. The molecule has 1 aliphatic carbocycles. The number of nitrogens with zero attached hydrogens (tertiary/aromatic N) is 2. The molecule has 11 nitrogen and oxygen atoms in total. The molecule has 2 amide bonds. The zero-order chi connectivity index (χ0) is 24.3. The molecule has 2 N–H and O–H groups in total. The number of ether oxygens (including phenoxy) is 5. The Morgan fingerprint density at radius 2 is 1.74 bits per heavy atom. The number of methoxy groups -OCH3 is 1. The summed E-state index contributed by atoms with van der Waals surface area (Å²) in [7, 11) is 1.67. The van der Waals surface area contributed by atoms with Gasteiger partial charge in [-0.25, -0.2) is 9.59 Å². The second-order valence-electron chi connectivity index (χ2n) is 9.67. The smallest absolute Gasteiger partial charge is 0.407 e. The number of hydrogen-bond donors (Lipinski definition) is 2. The summed E-state index contributed by atoms with van der Waals surface area (Å²) in [5, 5.41) is 5.39. The second kappa shape index (κ2) is 10.9. The third-order valence-electron chi connectivity index (χ3n) is 7.76. The summed E-state index contributed by atoms with van der Waals surface area (Å²) >= 11 is 0. The number of rotatable bonds is 9. The Labute approximate surface area is 201 Å². The van der Waals surface area contributed by atoms with Crippen molar-refractivity contribution in [2.24, 2.45) is 17.8 Å². The highest BCUT2D eigenvalue weighted by molar-refractivity contribution is 5.67. The Morgan fingerprint density at radius 3 is 2.41 bits per heavy atom. The quantitative estimate of drug-likeness (QED) is 0.492. The minimum Gasteiger partial charge on any atom is -0.448 e. The van der Waals surface area contributed by atoms with Crippen LogP contribution in [0, 0.1) is 17.8 Å². The first-order valence-electron chi connectivity index (χ1n) is 12.6. The van der Waals surface area contributed by atoms with Gasteiger partial charge in [0.05, 0.1) is 0 Å². The van der Waals surface area contributed by atoms with Crippen LogP contribution in [0.2, 0.25) is 0 Å². The average molecular weight is 485 g/mol. The molecule has 7 atom stereocenters. The Morgan fingerprint density at radius 1 is 1.06 bits per heavy atom. The molecule has 0 aromatic carbocycles. The lowest BCUT2D eigenvalue weighted by atomic mass is 9.73. The van der Waals surface area contributed by atoms with Gasteiger partial charge in [0.1, 0.15) is 18.3 Å². The molecule has 0 radical (unpaired) electrons. The normalized spacial score (nSPS) is 37.4. The van der Waals surface area contributed by atoms with Crippen molar-refractivity contribution in [1.82, 2.24) is 20.4 Å². The predicted molar refractivity (Wildman–Crippen MR) is 122 cm³/mol. The van der Waals surface area contributed by atoms with Gasteiger partial charge < -0.3 is 34.3 Å². The molecule has 194 valence electrons. The fourth-order valence-corrected chi connectivity index (χ4v) is 6.09. The zero-order valence-electron chi connectivity index (χ0n) is 20.8. The van der Waals surface area contributed by atoms with E-state index < -0.39 is 11.7 Å². The molecular formula is C23H40N4O7. The molecule has 4 bridgehead atoms. The van der Waals surface area contributed by atoms with E-state index >= 15 is 0 Å². The van der Waals surface area contributed by atoms with E-state index in [1.807, 2.05) is 13.8 Å². The predicted octanol–water partition coefficient (Wildman–Crippen LogP) is 0.835. The lowest BCUT2D eigenvalue weighted by Gasteiger charge is -2.57. The number of carbonyl (C=O) groups is 2. The van der Waals surface area contributed by atoms with Gasteiger partial charge in [-0.05, 0) is 26.2 Å². The topological polar surface area (TPSA) is 111 Å². The molecule has 4 heterocycles. The molecule has 0 aromatic rings. The molecule has 4 aliphatic heterocycles. The molecule has 11 heteroatoms. The molecule has 5 rings (SSSR count). The maximum Gasteiger partial charge on any atom is 0.407 e. The zero-order valence-corrected chi connectivity index (χ0v) is 20.8. The van der Waals surface area contributed by atoms with E-state index in [2.05, 4.69) is 27.4 Å². The number of alkyl carbamates (subject to hydrolysis) is 2. The van der Waals surface area contributed by atoms with Crippen LogP contribution in [0.5, 0.6) is 0 Å². The molecule has 0 aromatic heterocycles. The van der Waals surface area contributed by atoms with Gasteiger partial charge in [0.25, 0.3) is 0 Å². The van der Waals surface area contributed by atoms with Crippen molar-refractivity contribution >= 4 is 12.2 Å². The third-order valence-corrected chi connectivity index (χ3v) is 7.76. The largest absolute Gasteiger partial charge is 0.448 e. The van der Waals surface area contributed by atoms with E-state index in [0.29, 0.717) is 38.7 Å². The van der Waals surface area contributed by atoms with Crippen LogP contribution in [0.15, 0.2) is 0 Å². The number of fused-ring (bicyclic) bond motifs is 1. The summed E-state index contributed by atoms with van der Waals surface area (Å²) in [5.41, 5.74) is -0.657. The van der Waals surface area contributed by atoms with E-state index in [9.17, 15) is 9.59 Å². The first kappa shape index (κ1) is 25.4. The van der Waals surface area contributed by atoms with Crippen LogP contribution in [0.25, 0.3) is 0 Å². The van der Waals surface area contributed by atoms with Crippen LogP contribution in [-0.2, 0) is 23.7 Å². The van der Waals surface area contributed by atoms with Crippen LogP contribution < -0.4 is 10.6 Å². The highest BCUT2D eigenvalue weighted by Gasteiger charge is 2.70. The Hall–Kier alpha value is -1.66. The maximum absolute atomic E-state index is 12.4. The summed E-state index contributed by atoms with van der Waals surface area (Å²) in [5.74, 6) is 0.527. The lowest BCUT2D eigenvalue weighted by molar-refractivity contribution is -0.410. The molecule has 1 saturated carbocycles. The average Bonchev–Trinajstić information content (AvgIpc) is 3.08. The van der Waals surface area contributed by atoms with Crippen molar-refractivity contribution in [3.63, 3.8) is 0 Å². The van der Waals surface area contributed by atoms with E-state index in [4.69, 9.17) is 23.7 Å². The Kier molecular flexibility index (Phi) is 8.19. The monoisotopic (exact) mass is 484 g/mol. The Bertz CT molecular complexity index is 719. The van der Waals surface area contributed by atoms with Crippen molar-refractivity contribution in [1.29, 1.82) is 0 Å². The summed E-state index contributed by atoms with van der Waals surface area (Å²) in [6.07, 6.45) is -1.11. The number of carbonyl (C=O) groups excluding carboxylic acids is 2. The van der Waals surface area contributed by atoms with Gasteiger partial charge in [-0.15, -0.1) is 0 Å². The van der Waals surface area contributed by atoms with Gasteiger partial charge in [0.2, 0.25) is 0 Å². The molecule has 5 aliphatic rings. The van der Waals surface area contributed by atoms with E-state index in [1.165, 1.54) is 0 Å². The molecular weight excluding hydrogens is 444 g/mol. The minimum absolute atomic E-state index is 0.000402. The third kappa shape index (κ3) is 4.99. The first-order valence-corrected chi connectivity index (χ1v) is 12.6. The van der Waals surface area contributed by atoms with Crippen LogP contribution in [0.3, 0.4) is 0 Å². The fourth-order valence-electron chi connectivity index (χ4n) is 6.09. The molecule has 34 heavy (non-hydrogen) atoms. The van der Waals surface area contributed by atoms with Crippen molar-refractivity contribution in [3.8, 4) is 0 Å².